The number of carbonyl (C=O) groups is 2. The van der Waals surface area contributed by atoms with Crippen LogP contribution in [0, 0.1) is 17.0 Å². The molecule has 0 atom stereocenters. The third-order valence-corrected chi connectivity index (χ3v) is 2.93. The van der Waals surface area contributed by atoms with Crippen LogP contribution in [0.5, 0.6) is 0 Å². The Morgan fingerprint density at radius 3 is 2.61 bits per heavy atom. The fourth-order valence-corrected chi connectivity index (χ4v) is 1.88. The second-order valence-electron chi connectivity index (χ2n) is 4.80. The number of non-ortho nitro benzene ring substituents is 1. The first-order chi connectivity index (χ1) is 11.0. The van der Waals surface area contributed by atoms with Gasteiger partial charge in [0.05, 0.1) is 10.5 Å². The number of nitrogens with one attached hydrogen (secondary N) is 1. The first kappa shape index (κ1) is 16.2. The van der Waals surface area contributed by atoms with Crippen LogP contribution < -0.4 is 5.32 Å². The first-order valence-electron chi connectivity index (χ1n) is 6.74. The summed E-state index contributed by atoms with van der Waals surface area (Å²) in [5, 5.41) is 13.3. The number of hydrogen-bond acceptors (Lipinski definition) is 5. The van der Waals surface area contributed by atoms with E-state index in [1.165, 1.54) is 18.2 Å². The van der Waals surface area contributed by atoms with Gasteiger partial charge in [-0.3, -0.25) is 14.9 Å². The standard InChI is InChI=1S/C16H14N2O5/c1-11-4-2-6-13(8-11)17-15(19)10-23-16(20)12-5-3-7-14(9-12)18(21)22/h2-9H,10H2,1H3,(H,17,19). The smallest absolute Gasteiger partial charge is 0.338 e. The van der Waals surface area contributed by atoms with Crippen LogP contribution in [0.15, 0.2) is 48.5 Å². The van der Waals surface area contributed by atoms with Gasteiger partial charge in [0, 0.05) is 17.8 Å². The molecule has 7 heteroatoms. The predicted molar refractivity (Wildman–Crippen MR) is 83.2 cm³/mol. The summed E-state index contributed by atoms with van der Waals surface area (Å²) in [6.07, 6.45) is 0. The highest BCUT2D eigenvalue weighted by Gasteiger charge is 2.14. The summed E-state index contributed by atoms with van der Waals surface area (Å²) in [5.41, 5.74) is 1.38. The fraction of sp³-hybridized carbons (Fsp3) is 0.125. The summed E-state index contributed by atoms with van der Waals surface area (Å²) in [7, 11) is 0. The van der Waals surface area contributed by atoms with E-state index in [4.69, 9.17) is 4.74 Å². The summed E-state index contributed by atoms with van der Waals surface area (Å²) in [6.45, 7) is 1.41. The minimum atomic E-state index is -0.798. The van der Waals surface area contributed by atoms with Crippen molar-refractivity contribution in [2.45, 2.75) is 6.92 Å². The van der Waals surface area contributed by atoms with E-state index in [1.807, 2.05) is 13.0 Å². The van der Waals surface area contributed by atoms with Gasteiger partial charge in [-0.05, 0) is 30.7 Å². The zero-order valence-corrected chi connectivity index (χ0v) is 12.3. The highest BCUT2D eigenvalue weighted by molar-refractivity contribution is 5.95. The monoisotopic (exact) mass is 314 g/mol. The number of benzene rings is 2. The fourth-order valence-electron chi connectivity index (χ4n) is 1.88. The summed E-state index contributed by atoms with van der Waals surface area (Å²) >= 11 is 0. The van der Waals surface area contributed by atoms with Gasteiger partial charge in [-0.2, -0.15) is 0 Å². The van der Waals surface area contributed by atoms with Crippen molar-refractivity contribution in [1.82, 2.24) is 0 Å². The summed E-state index contributed by atoms with van der Waals surface area (Å²) < 4.78 is 4.85. The minimum Gasteiger partial charge on any atom is -0.452 e. The van der Waals surface area contributed by atoms with E-state index < -0.39 is 23.4 Å². The van der Waals surface area contributed by atoms with Crippen LogP contribution >= 0.6 is 0 Å². The van der Waals surface area contributed by atoms with Crippen molar-refractivity contribution in [1.29, 1.82) is 0 Å². The van der Waals surface area contributed by atoms with Gasteiger partial charge >= 0.3 is 5.97 Å². The Labute approximate surface area is 132 Å². The lowest BCUT2D eigenvalue weighted by atomic mass is 10.2. The molecule has 0 aromatic heterocycles. The van der Waals surface area contributed by atoms with Gasteiger partial charge in [-0.15, -0.1) is 0 Å². The molecule has 2 aromatic carbocycles. The third kappa shape index (κ3) is 4.63. The van der Waals surface area contributed by atoms with Crippen molar-refractivity contribution < 1.29 is 19.2 Å². The van der Waals surface area contributed by atoms with E-state index in [0.29, 0.717) is 5.69 Å². The van der Waals surface area contributed by atoms with Crippen molar-refractivity contribution in [2.24, 2.45) is 0 Å². The molecule has 0 aliphatic carbocycles. The van der Waals surface area contributed by atoms with E-state index in [-0.39, 0.29) is 11.3 Å². The predicted octanol–water partition coefficient (Wildman–Crippen LogP) is 2.70. The van der Waals surface area contributed by atoms with Crippen LogP contribution in [0.4, 0.5) is 11.4 Å². The van der Waals surface area contributed by atoms with Crippen LogP contribution in [0.25, 0.3) is 0 Å². The highest BCUT2D eigenvalue weighted by atomic mass is 16.6. The maximum absolute atomic E-state index is 11.8. The van der Waals surface area contributed by atoms with Gasteiger partial charge in [0.2, 0.25) is 0 Å². The normalized spacial score (nSPS) is 9.96. The van der Waals surface area contributed by atoms with Crippen LogP contribution in [-0.4, -0.2) is 23.4 Å². The number of hydrogen-bond donors (Lipinski definition) is 1. The molecule has 0 spiro atoms. The number of nitrogens with zero attached hydrogens (tertiary/aromatic N) is 1. The molecule has 0 saturated carbocycles. The van der Waals surface area contributed by atoms with Crippen molar-refractivity contribution in [3.05, 3.63) is 69.8 Å². The van der Waals surface area contributed by atoms with Gasteiger partial charge < -0.3 is 10.1 Å². The number of anilines is 1. The Bertz CT molecular complexity index is 758. The average Bonchev–Trinajstić information content (AvgIpc) is 2.52. The molecule has 118 valence electrons. The minimum absolute atomic E-state index is 0.0163. The van der Waals surface area contributed by atoms with Gasteiger partial charge in [-0.1, -0.05) is 18.2 Å². The largest absolute Gasteiger partial charge is 0.452 e. The van der Waals surface area contributed by atoms with Crippen LogP contribution in [0.2, 0.25) is 0 Å². The lowest BCUT2D eigenvalue weighted by molar-refractivity contribution is -0.384. The van der Waals surface area contributed by atoms with Gasteiger partial charge in [-0.25, -0.2) is 4.79 Å². The molecule has 0 fully saturated rings. The molecule has 1 N–H and O–H groups in total. The zero-order valence-electron chi connectivity index (χ0n) is 12.3. The molecular weight excluding hydrogens is 300 g/mol. The van der Waals surface area contributed by atoms with E-state index >= 15 is 0 Å². The quantitative estimate of drug-likeness (QED) is 0.519. The molecule has 0 heterocycles. The molecule has 23 heavy (non-hydrogen) atoms. The van der Waals surface area contributed by atoms with Crippen LogP contribution in [0.3, 0.4) is 0 Å². The van der Waals surface area contributed by atoms with Crippen molar-refractivity contribution in [3.63, 3.8) is 0 Å². The Morgan fingerprint density at radius 2 is 1.91 bits per heavy atom. The van der Waals surface area contributed by atoms with E-state index in [2.05, 4.69) is 5.32 Å². The molecule has 0 bridgehead atoms. The summed E-state index contributed by atoms with van der Waals surface area (Å²) in [6, 6.07) is 12.3. The number of rotatable bonds is 5. The maximum Gasteiger partial charge on any atom is 0.338 e. The first-order valence-corrected chi connectivity index (χ1v) is 6.74. The number of nitro benzene ring substituents is 1. The Hall–Kier alpha value is -3.22. The van der Waals surface area contributed by atoms with Crippen LogP contribution in [-0.2, 0) is 9.53 Å². The zero-order chi connectivity index (χ0) is 16.8. The highest BCUT2D eigenvalue weighted by Crippen LogP contribution is 2.14. The molecule has 2 rings (SSSR count). The number of aryl methyl sites for hydroxylation is 1. The van der Waals surface area contributed by atoms with E-state index in [1.54, 1.807) is 18.2 Å². The average molecular weight is 314 g/mol. The molecule has 0 aliphatic heterocycles. The molecule has 0 radical (unpaired) electrons. The Morgan fingerprint density at radius 1 is 1.17 bits per heavy atom. The van der Waals surface area contributed by atoms with E-state index in [0.717, 1.165) is 11.6 Å². The van der Waals surface area contributed by atoms with Crippen molar-refractivity contribution >= 4 is 23.3 Å². The SMILES string of the molecule is Cc1cccc(NC(=O)COC(=O)c2cccc([N+](=O)[O-])c2)c1. The number of esters is 1. The Kier molecular flexibility index (Phi) is 5.03. The lowest BCUT2D eigenvalue weighted by Gasteiger charge is -2.07. The number of ether oxygens (including phenoxy) is 1. The van der Waals surface area contributed by atoms with Crippen molar-refractivity contribution in [3.8, 4) is 0 Å². The molecule has 7 nitrogen and oxygen atoms in total. The molecule has 1 amide bonds. The van der Waals surface area contributed by atoms with Crippen LogP contribution in [0.1, 0.15) is 15.9 Å². The number of amides is 1. The van der Waals surface area contributed by atoms with Crippen molar-refractivity contribution in [2.75, 3.05) is 11.9 Å². The molecule has 2 aromatic rings. The maximum atomic E-state index is 11.8. The third-order valence-electron chi connectivity index (χ3n) is 2.93. The van der Waals surface area contributed by atoms with E-state index in [9.17, 15) is 19.7 Å². The van der Waals surface area contributed by atoms with Gasteiger partial charge in [0.25, 0.3) is 11.6 Å². The summed E-state index contributed by atoms with van der Waals surface area (Å²) in [4.78, 5) is 33.6. The molecule has 0 aliphatic rings. The molecule has 0 unspecified atom stereocenters. The number of carbonyl (C=O) groups excluding carboxylic acids is 2. The second-order valence-corrected chi connectivity index (χ2v) is 4.80. The molecule has 0 saturated heterocycles. The van der Waals surface area contributed by atoms with Gasteiger partial charge in [0.15, 0.2) is 6.61 Å². The lowest BCUT2D eigenvalue weighted by Crippen LogP contribution is -2.21. The Balaban J connectivity index is 1.92. The summed E-state index contributed by atoms with van der Waals surface area (Å²) in [5.74, 6) is -1.29. The van der Waals surface area contributed by atoms with Gasteiger partial charge in [0.1, 0.15) is 0 Å². The topological polar surface area (TPSA) is 98.5 Å². The second kappa shape index (κ2) is 7.17. The molecular formula is C16H14N2O5. The number of nitro groups is 1.